The fraction of sp³-hybridized carbons (Fsp3) is 0. The maximum absolute atomic E-state index is 0. The third-order valence-electron chi connectivity index (χ3n) is 0. The van der Waals surface area contributed by atoms with Gasteiger partial charge in [-0.1, -0.05) is 0 Å². The van der Waals surface area contributed by atoms with Crippen LogP contribution in [0, 0.1) is 14.9 Å². The summed E-state index contributed by atoms with van der Waals surface area (Å²) < 4.78 is 0. The van der Waals surface area contributed by atoms with Gasteiger partial charge in [-0.25, -0.2) is 0 Å². The summed E-state index contributed by atoms with van der Waals surface area (Å²) in [6, 6.07) is 0. The molecular weight excluding hydrogens is 297 g/mol. The second-order valence-electron chi connectivity index (χ2n) is 0. The monoisotopic (exact) mass is 303 g/mol. The Labute approximate surface area is 67.9 Å². The summed E-state index contributed by atoms with van der Waals surface area (Å²) >= 11 is 0. The maximum Gasteiger partial charge on any atom is 2.00 e. The van der Waals surface area contributed by atoms with E-state index in [9.17, 15) is 0 Å². The second-order valence-corrected chi connectivity index (χ2v) is 0. The Balaban J connectivity index is 0. The molecule has 23 valence electrons. The van der Waals surface area contributed by atoms with Crippen LogP contribution in [0.25, 0.3) is 0 Å². The van der Waals surface area contributed by atoms with Gasteiger partial charge in [0.25, 0.3) is 0 Å². The summed E-state index contributed by atoms with van der Waals surface area (Å²) in [6.07, 6.45) is 0. The van der Waals surface area contributed by atoms with Crippen LogP contribution in [-0.2, 0) is 53.8 Å². The quantitative estimate of drug-likeness (QED) is 0.583. The molecule has 0 aliphatic carbocycles. The molecule has 0 saturated carbocycles. The fourth-order valence-corrected chi connectivity index (χ4v) is 0. The molecule has 0 aliphatic rings. The average molecular weight is 303 g/mol. The molecule has 0 aromatic heterocycles. The molecule has 0 fully saturated rings. The van der Waals surface area contributed by atoms with E-state index in [1.807, 2.05) is 0 Å². The van der Waals surface area contributed by atoms with Crippen molar-refractivity contribution in [3.05, 3.63) is 14.9 Å². The van der Waals surface area contributed by atoms with E-state index in [4.69, 9.17) is 0 Å². The Hall–Kier alpha value is 1.79. The van der Waals surface area contributed by atoms with E-state index < -0.39 is 0 Å². The topological polar surface area (TPSA) is 0 Å². The van der Waals surface area contributed by atoms with Gasteiger partial charge in [-0.15, -0.1) is 0 Å². The molecule has 1 radical (unpaired) electrons. The van der Waals surface area contributed by atoms with Crippen LogP contribution < -0.4 is 0 Å². The first-order valence-electron chi connectivity index (χ1n) is 0. The molecule has 0 rings (SSSR count). The van der Waals surface area contributed by atoms with Crippen LogP contribution >= 0.6 is 0 Å². The molecule has 0 nitrogen and oxygen atoms in total. The van der Waals surface area contributed by atoms with Gasteiger partial charge < -0.3 is 14.9 Å². The zero-order chi connectivity index (χ0) is 0. The Morgan fingerprint density at radius 2 is 0.750 bits per heavy atom. The van der Waals surface area contributed by atoms with Gasteiger partial charge in [-0.3, -0.25) is 0 Å². The summed E-state index contributed by atoms with van der Waals surface area (Å²) in [5, 5.41) is 0. The molecule has 0 aromatic carbocycles. The molecular formula is C2H6WY. The molecule has 0 bridgehead atoms. The minimum Gasteiger partial charge on any atom is -0.358 e. The maximum atomic E-state index is 0. The molecule has 0 amide bonds. The molecule has 0 spiro atoms. The minimum absolute atomic E-state index is 0. The van der Waals surface area contributed by atoms with Crippen LogP contribution in [-0.4, -0.2) is 0 Å². The van der Waals surface area contributed by atoms with Crippen molar-refractivity contribution in [3.63, 3.8) is 0 Å². The van der Waals surface area contributed by atoms with Crippen molar-refractivity contribution in [2.24, 2.45) is 0 Å². The van der Waals surface area contributed by atoms with Gasteiger partial charge in [0.15, 0.2) is 0 Å². The third kappa shape index (κ3) is 9.20. The van der Waals surface area contributed by atoms with Crippen LogP contribution in [0.5, 0.6) is 0 Å². The van der Waals surface area contributed by atoms with Gasteiger partial charge >= 0.3 is 21.1 Å². The van der Waals surface area contributed by atoms with Gasteiger partial charge in [0.2, 0.25) is 0 Å². The van der Waals surface area contributed by atoms with Crippen molar-refractivity contribution < 1.29 is 53.8 Å². The molecule has 0 unspecified atom stereocenters. The molecule has 0 N–H and O–H groups in total. The fourth-order valence-electron chi connectivity index (χ4n) is 0. The predicted octanol–water partition coefficient (Wildman–Crippen LogP) is 0.896. The first-order chi connectivity index (χ1) is 0. The summed E-state index contributed by atoms with van der Waals surface area (Å²) in [5.41, 5.74) is 0. The number of rotatable bonds is 0. The van der Waals surface area contributed by atoms with E-state index in [1.54, 1.807) is 0 Å². The molecule has 4 heavy (non-hydrogen) atoms. The first kappa shape index (κ1) is 41.4. The standard InChI is InChI=1S/2CH3.W.Y/h2*1H3;;/q2*-1;+2;. The van der Waals surface area contributed by atoms with Gasteiger partial charge in [0, 0.05) is 32.7 Å². The Kier molecular flexibility index (Phi) is 222. The zero-order valence-electron chi connectivity index (χ0n) is 2.99. The van der Waals surface area contributed by atoms with Crippen molar-refractivity contribution in [1.82, 2.24) is 0 Å². The van der Waals surface area contributed by atoms with Crippen LogP contribution in [0.4, 0.5) is 0 Å². The van der Waals surface area contributed by atoms with E-state index in [-0.39, 0.29) is 68.6 Å². The normalized spacial score (nSPS) is 0. The molecule has 0 saturated heterocycles. The van der Waals surface area contributed by atoms with Crippen molar-refractivity contribution in [3.8, 4) is 0 Å². The van der Waals surface area contributed by atoms with Gasteiger partial charge in [-0.2, -0.15) is 0 Å². The van der Waals surface area contributed by atoms with Crippen LogP contribution in [0.1, 0.15) is 0 Å². The summed E-state index contributed by atoms with van der Waals surface area (Å²) in [6.45, 7) is 0. The van der Waals surface area contributed by atoms with Gasteiger partial charge in [-0.05, 0) is 0 Å². The second kappa shape index (κ2) is 21.5. The third-order valence-corrected chi connectivity index (χ3v) is 0. The van der Waals surface area contributed by atoms with Crippen LogP contribution in [0.15, 0.2) is 0 Å². The van der Waals surface area contributed by atoms with Gasteiger partial charge in [0.1, 0.15) is 0 Å². The average Bonchev–Trinajstić information content (AvgIpc) is 0. The number of hydrogen-bond donors (Lipinski definition) is 0. The van der Waals surface area contributed by atoms with E-state index in [0.29, 0.717) is 0 Å². The summed E-state index contributed by atoms with van der Waals surface area (Å²) in [5.74, 6) is 0. The van der Waals surface area contributed by atoms with Crippen molar-refractivity contribution in [1.29, 1.82) is 0 Å². The Morgan fingerprint density at radius 1 is 0.750 bits per heavy atom. The van der Waals surface area contributed by atoms with Crippen molar-refractivity contribution in [2.45, 2.75) is 0 Å². The molecule has 0 aliphatic heterocycles. The van der Waals surface area contributed by atoms with Gasteiger partial charge in [0.05, 0.1) is 0 Å². The molecule has 0 heterocycles. The van der Waals surface area contributed by atoms with E-state index in [2.05, 4.69) is 0 Å². The largest absolute Gasteiger partial charge is 2.00 e. The van der Waals surface area contributed by atoms with Crippen molar-refractivity contribution in [2.75, 3.05) is 0 Å². The van der Waals surface area contributed by atoms with E-state index in [1.165, 1.54) is 0 Å². The Morgan fingerprint density at radius 3 is 0.750 bits per heavy atom. The minimum atomic E-state index is 0. The molecule has 2 heteroatoms. The SMILES string of the molecule is [CH3-].[CH3-].[W+2].[Y]. The smallest absolute Gasteiger partial charge is 0.358 e. The molecule has 0 atom stereocenters. The summed E-state index contributed by atoms with van der Waals surface area (Å²) in [7, 11) is 0. The van der Waals surface area contributed by atoms with Crippen LogP contribution in [0.2, 0.25) is 0 Å². The predicted molar refractivity (Wildman–Crippen MR) is 12.8 cm³/mol. The Bertz CT molecular complexity index is 6.00. The van der Waals surface area contributed by atoms with Crippen LogP contribution in [0.3, 0.4) is 0 Å². The zero-order valence-corrected chi connectivity index (χ0v) is 8.76. The van der Waals surface area contributed by atoms with Crippen molar-refractivity contribution >= 4 is 0 Å². The number of hydrogen-bond acceptors (Lipinski definition) is 0. The summed E-state index contributed by atoms with van der Waals surface area (Å²) in [4.78, 5) is 0. The van der Waals surface area contributed by atoms with E-state index >= 15 is 0 Å². The first-order valence-corrected chi connectivity index (χ1v) is 0. The molecule has 0 aromatic rings. The van der Waals surface area contributed by atoms with E-state index in [0.717, 1.165) is 0 Å².